The molecule has 100 valence electrons. The minimum Gasteiger partial charge on any atom is -0.381 e. The van der Waals surface area contributed by atoms with Crippen molar-refractivity contribution in [1.29, 1.82) is 0 Å². The first-order valence-corrected chi connectivity index (χ1v) is 5.77. The minimum absolute atomic E-state index is 0.0544. The van der Waals surface area contributed by atoms with E-state index >= 15 is 0 Å². The lowest BCUT2D eigenvalue weighted by Gasteiger charge is -2.15. The van der Waals surface area contributed by atoms with Crippen LogP contribution in [0.5, 0.6) is 0 Å². The van der Waals surface area contributed by atoms with Gasteiger partial charge in [0.2, 0.25) is 0 Å². The van der Waals surface area contributed by atoms with Crippen molar-refractivity contribution >= 4 is 0 Å². The summed E-state index contributed by atoms with van der Waals surface area (Å²) < 4.78 is 33.0. The number of hydrogen-bond donors (Lipinski definition) is 1. The molecule has 0 spiro atoms. The Labute approximate surface area is 107 Å². The second kappa shape index (κ2) is 4.36. The van der Waals surface area contributed by atoms with Gasteiger partial charge in [-0.05, 0) is 12.1 Å². The normalized spacial score (nSPS) is 22.9. The maximum Gasteiger partial charge on any atom is 0.184 e. The molecule has 1 aliphatic rings. The predicted molar refractivity (Wildman–Crippen MR) is 60.6 cm³/mol. The zero-order valence-corrected chi connectivity index (χ0v) is 9.88. The van der Waals surface area contributed by atoms with Gasteiger partial charge in [0.05, 0.1) is 12.8 Å². The zero-order chi connectivity index (χ0) is 13.5. The number of hydrogen-bond acceptors (Lipinski definition) is 4. The highest BCUT2D eigenvalue weighted by atomic mass is 19.2. The second-order valence-corrected chi connectivity index (χ2v) is 4.46. The molecular formula is C12H11F2N3O2. The SMILES string of the molecule is OC1(c2cn(-c3cccc(F)c3F)nn2)CCOC1. The smallest absolute Gasteiger partial charge is 0.184 e. The Balaban J connectivity index is 1.99. The highest BCUT2D eigenvalue weighted by Gasteiger charge is 2.37. The number of benzene rings is 1. The Bertz CT molecular complexity index is 609. The highest BCUT2D eigenvalue weighted by Crippen LogP contribution is 2.29. The van der Waals surface area contributed by atoms with Crippen LogP contribution in [-0.2, 0) is 10.3 Å². The molecule has 5 nitrogen and oxygen atoms in total. The van der Waals surface area contributed by atoms with Crippen LogP contribution < -0.4 is 0 Å². The summed E-state index contributed by atoms with van der Waals surface area (Å²) in [6.45, 7) is 0.551. The van der Waals surface area contributed by atoms with Crippen molar-refractivity contribution in [3.8, 4) is 5.69 Å². The van der Waals surface area contributed by atoms with Gasteiger partial charge >= 0.3 is 0 Å². The number of halogens is 2. The van der Waals surface area contributed by atoms with E-state index in [0.717, 1.165) is 10.7 Å². The topological polar surface area (TPSA) is 60.2 Å². The van der Waals surface area contributed by atoms with Crippen molar-refractivity contribution in [3.05, 3.63) is 41.7 Å². The van der Waals surface area contributed by atoms with E-state index in [1.807, 2.05) is 0 Å². The molecule has 2 aromatic rings. The summed E-state index contributed by atoms with van der Waals surface area (Å²) >= 11 is 0. The predicted octanol–water partition coefficient (Wildman–Crippen LogP) is 1.15. The van der Waals surface area contributed by atoms with Crippen LogP contribution in [0.3, 0.4) is 0 Å². The average Bonchev–Trinajstić information content (AvgIpc) is 3.02. The molecular weight excluding hydrogens is 256 g/mol. The quantitative estimate of drug-likeness (QED) is 0.886. The van der Waals surface area contributed by atoms with Crippen LogP contribution in [0.25, 0.3) is 5.69 Å². The fourth-order valence-corrected chi connectivity index (χ4v) is 2.02. The fourth-order valence-electron chi connectivity index (χ4n) is 2.02. The van der Waals surface area contributed by atoms with Crippen LogP contribution in [0.1, 0.15) is 12.1 Å². The second-order valence-electron chi connectivity index (χ2n) is 4.46. The molecule has 0 radical (unpaired) electrons. The minimum atomic E-state index is -1.21. The van der Waals surface area contributed by atoms with E-state index < -0.39 is 17.2 Å². The van der Waals surface area contributed by atoms with Crippen LogP contribution >= 0.6 is 0 Å². The summed E-state index contributed by atoms with van der Waals surface area (Å²) in [6, 6.07) is 3.78. The molecule has 0 bridgehead atoms. The van der Waals surface area contributed by atoms with Crippen molar-refractivity contribution in [1.82, 2.24) is 15.0 Å². The lowest BCUT2D eigenvalue weighted by Crippen LogP contribution is -2.26. The Kier molecular flexibility index (Phi) is 2.79. The molecule has 1 N–H and O–H groups in total. The molecule has 7 heteroatoms. The third-order valence-electron chi connectivity index (χ3n) is 3.15. The summed E-state index contributed by atoms with van der Waals surface area (Å²) in [5.74, 6) is -1.97. The molecule has 1 saturated heterocycles. The van der Waals surface area contributed by atoms with Crippen LogP contribution in [0.2, 0.25) is 0 Å². The molecule has 1 unspecified atom stereocenters. The van der Waals surface area contributed by atoms with Crippen molar-refractivity contribution in [2.75, 3.05) is 13.2 Å². The zero-order valence-electron chi connectivity index (χ0n) is 9.88. The van der Waals surface area contributed by atoms with Crippen LogP contribution in [0, 0.1) is 11.6 Å². The average molecular weight is 267 g/mol. The Morgan fingerprint density at radius 1 is 1.37 bits per heavy atom. The van der Waals surface area contributed by atoms with Gasteiger partial charge in [0.15, 0.2) is 11.6 Å². The maximum absolute atomic E-state index is 13.6. The lowest BCUT2D eigenvalue weighted by atomic mass is 10.0. The molecule has 1 aliphatic heterocycles. The molecule has 0 saturated carbocycles. The summed E-state index contributed by atoms with van der Waals surface area (Å²) in [7, 11) is 0. The molecule has 3 rings (SSSR count). The Morgan fingerprint density at radius 2 is 2.21 bits per heavy atom. The first-order chi connectivity index (χ1) is 9.10. The van der Waals surface area contributed by atoms with E-state index in [2.05, 4.69) is 10.3 Å². The van der Waals surface area contributed by atoms with Gasteiger partial charge in [-0.1, -0.05) is 11.3 Å². The van der Waals surface area contributed by atoms with Crippen molar-refractivity contribution in [3.63, 3.8) is 0 Å². The standard InChI is InChI=1S/C12H11F2N3O2/c13-8-2-1-3-9(11(8)14)17-6-10(15-16-17)12(18)4-5-19-7-12/h1-3,6,18H,4-5,7H2. The number of aliphatic hydroxyl groups is 1. The third-order valence-corrected chi connectivity index (χ3v) is 3.15. The fraction of sp³-hybridized carbons (Fsp3) is 0.333. The van der Waals surface area contributed by atoms with Crippen LogP contribution in [-0.4, -0.2) is 33.3 Å². The largest absolute Gasteiger partial charge is 0.381 e. The summed E-state index contributed by atoms with van der Waals surface area (Å²) in [6.07, 6.45) is 1.78. The molecule has 1 fully saturated rings. The first-order valence-electron chi connectivity index (χ1n) is 5.77. The summed E-state index contributed by atoms with van der Waals surface area (Å²) in [5.41, 5.74) is -0.975. The molecule has 0 amide bonds. The van der Waals surface area contributed by atoms with Gasteiger partial charge in [-0.25, -0.2) is 13.5 Å². The van der Waals surface area contributed by atoms with Gasteiger partial charge in [-0.3, -0.25) is 0 Å². The first kappa shape index (κ1) is 12.2. The van der Waals surface area contributed by atoms with E-state index in [4.69, 9.17) is 4.74 Å². The van der Waals surface area contributed by atoms with Gasteiger partial charge in [0.25, 0.3) is 0 Å². The third kappa shape index (κ3) is 2.00. The lowest BCUT2D eigenvalue weighted by molar-refractivity contribution is 0.0193. The summed E-state index contributed by atoms with van der Waals surface area (Å²) in [4.78, 5) is 0. The van der Waals surface area contributed by atoms with Gasteiger partial charge in [-0.2, -0.15) is 0 Å². The van der Waals surface area contributed by atoms with Gasteiger partial charge in [-0.15, -0.1) is 5.10 Å². The molecule has 1 atom stereocenters. The van der Waals surface area contributed by atoms with Crippen LogP contribution in [0.15, 0.2) is 24.4 Å². The van der Waals surface area contributed by atoms with Crippen LogP contribution in [0.4, 0.5) is 8.78 Å². The number of ether oxygens (including phenoxy) is 1. The van der Waals surface area contributed by atoms with E-state index in [-0.39, 0.29) is 18.0 Å². The van der Waals surface area contributed by atoms with Gasteiger partial charge in [0.1, 0.15) is 17.0 Å². The Morgan fingerprint density at radius 3 is 2.95 bits per heavy atom. The number of aromatic nitrogens is 3. The van der Waals surface area contributed by atoms with Gasteiger partial charge in [0, 0.05) is 13.0 Å². The summed E-state index contributed by atoms with van der Waals surface area (Å²) in [5, 5.41) is 17.8. The Hall–Kier alpha value is -1.86. The molecule has 1 aromatic carbocycles. The van der Waals surface area contributed by atoms with Crippen molar-refractivity contribution in [2.24, 2.45) is 0 Å². The van der Waals surface area contributed by atoms with E-state index in [9.17, 15) is 13.9 Å². The van der Waals surface area contributed by atoms with Gasteiger partial charge < -0.3 is 9.84 Å². The van der Waals surface area contributed by atoms with E-state index in [1.54, 1.807) is 0 Å². The highest BCUT2D eigenvalue weighted by molar-refractivity contribution is 5.33. The number of nitrogens with zero attached hydrogens (tertiary/aromatic N) is 3. The van der Waals surface area contributed by atoms with Crippen molar-refractivity contribution in [2.45, 2.75) is 12.0 Å². The number of rotatable bonds is 2. The molecule has 1 aromatic heterocycles. The molecule has 19 heavy (non-hydrogen) atoms. The molecule has 0 aliphatic carbocycles. The van der Waals surface area contributed by atoms with E-state index in [1.165, 1.54) is 18.3 Å². The van der Waals surface area contributed by atoms with Crippen molar-refractivity contribution < 1.29 is 18.6 Å². The van der Waals surface area contributed by atoms with E-state index in [0.29, 0.717) is 13.0 Å². The molecule has 2 heterocycles. The monoisotopic (exact) mass is 267 g/mol. The maximum atomic E-state index is 13.6.